The van der Waals surface area contributed by atoms with Crippen LogP contribution in [0.4, 0.5) is 5.69 Å². The maximum Gasteiger partial charge on any atom is 0.262 e. The van der Waals surface area contributed by atoms with Gasteiger partial charge in [-0.2, -0.15) is 0 Å². The third-order valence-corrected chi connectivity index (χ3v) is 4.74. The Hall–Kier alpha value is -0.0600. The fourth-order valence-corrected chi connectivity index (χ4v) is 4.23. The molecule has 9 heteroatoms. The molecule has 0 heterocycles. The van der Waals surface area contributed by atoms with Gasteiger partial charge in [0.2, 0.25) is 10.0 Å². The minimum atomic E-state index is -3.81. The molecule has 0 unspecified atom stereocenters. The van der Waals surface area contributed by atoms with Crippen LogP contribution in [-0.2, 0) is 19.1 Å². The van der Waals surface area contributed by atoms with Gasteiger partial charge >= 0.3 is 0 Å². The van der Waals surface area contributed by atoms with E-state index in [-0.39, 0.29) is 10.6 Å². The zero-order valence-electron chi connectivity index (χ0n) is 7.94. The molecule has 1 aromatic carbocycles. The van der Waals surface area contributed by atoms with Crippen LogP contribution in [-0.4, -0.2) is 23.1 Å². The maximum absolute atomic E-state index is 11.1. The Morgan fingerprint density at radius 3 is 2.19 bits per heavy atom. The van der Waals surface area contributed by atoms with Crippen LogP contribution in [0.5, 0.6) is 0 Å². The molecular formula is C7H7ClINO4S2. The van der Waals surface area contributed by atoms with Crippen LogP contribution >= 0.6 is 33.3 Å². The second kappa shape index (κ2) is 4.67. The van der Waals surface area contributed by atoms with Crippen LogP contribution in [0.2, 0.25) is 0 Å². The zero-order valence-corrected chi connectivity index (χ0v) is 12.5. The normalized spacial score (nSPS) is 12.4. The lowest BCUT2D eigenvalue weighted by Gasteiger charge is -2.06. The van der Waals surface area contributed by atoms with E-state index in [2.05, 4.69) is 4.72 Å². The van der Waals surface area contributed by atoms with Gasteiger partial charge in [-0.25, -0.2) is 16.8 Å². The van der Waals surface area contributed by atoms with Crippen molar-refractivity contribution in [1.82, 2.24) is 0 Å². The zero-order chi connectivity index (χ0) is 12.6. The molecule has 0 aliphatic carbocycles. The predicted octanol–water partition coefficient (Wildman–Crippen LogP) is 1.59. The Kier molecular flexibility index (Phi) is 4.08. The number of nitrogens with one attached hydrogen (secondary N) is 1. The van der Waals surface area contributed by atoms with E-state index in [1.807, 2.05) is 0 Å². The number of sulfonamides is 1. The first-order chi connectivity index (χ1) is 7.09. The van der Waals surface area contributed by atoms with Crippen LogP contribution in [0, 0.1) is 3.57 Å². The molecule has 16 heavy (non-hydrogen) atoms. The smallest absolute Gasteiger partial charge is 0.262 e. The summed E-state index contributed by atoms with van der Waals surface area (Å²) in [5, 5.41) is 0. The van der Waals surface area contributed by atoms with Gasteiger partial charge < -0.3 is 0 Å². The second-order valence-electron chi connectivity index (χ2n) is 2.96. The minimum absolute atomic E-state index is 0.0474. The molecule has 5 nitrogen and oxygen atoms in total. The lowest BCUT2D eigenvalue weighted by Crippen LogP contribution is -2.10. The molecule has 0 saturated carbocycles. The van der Waals surface area contributed by atoms with Gasteiger partial charge in [0.05, 0.1) is 11.2 Å². The van der Waals surface area contributed by atoms with Gasteiger partial charge in [-0.05, 0) is 40.8 Å². The Morgan fingerprint density at radius 2 is 1.81 bits per heavy atom. The number of benzene rings is 1. The Balaban J connectivity index is 3.20. The molecule has 0 radical (unpaired) electrons. The summed E-state index contributed by atoms with van der Waals surface area (Å²) in [5.74, 6) is 0. The molecular weight excluding hydrogens is 389 g/mol. The summed E-state index contributed by atoms with van der Waals surface area (Å²) in [4.78, 5) is -0.0474. The molecule has 90 valence electrons. The van der Waals surface area contributed by atoms with Crippen molar-refractivity contribution in [1.29, 1.82) is 0 Å². The van der Waals surface area contributed by atoms with Crippen LogP contribution in [0.3, 0.4) is 0 Å². The molecule has 0 bridgehead atoms. The van der Waals surface area contributed by atoms with Crippen LogP contribution < -0.4 is 4.72 Å². The predicted molar refractivity (Wildman–Crippen MR) is 70.7 cm³/mol. The van der Waals surface area contributed by atoms with Gasteiger partial charge in [0.15, 0.2) is 0 Å². The first-order valence-corrected chi connectivity index (χ1v) is 9.09. The SMILES string of the molecule is CS(=O)(=O)Nc1ccc(S(=O)(=O)Cl)c(I)c1. The molecule has 0 amide bonds. The molecule has 0 aliphatic rings. The van der Waals surface area contributed by atoms with Crippen molar-refractivity contribution in [2.24, 2.45) is 0 Å². The molecule has 1 aromatic rings. The molecule has 0 spiro atoms. The van der Waals surface area contributed by atoms with E-state index in [1.54, 1.807) is 22.6 Å². The summed E-state index contributed by atoms with van der Waals surface area (Å²) in [6.45, 7) is 0. The number of hydrogen-bond donors (Lipinski definition) is 1. The monoisotopic (exact) mass is 395 g/mol. The van der Waals surface area contributed by atoms with Crippen LogP contribution in [0.15, 0.2) is 23.1 Å². The number of hydrogen-bond acceptors (Lipinski definition) is 4. The standard InChI is InChI=1S/C7H7ClINO4S2/c1-15(11,12)10-5-2-3-7(6(9)4-5)16(8,13)14/h2-4,10H,1H3. The molecule has 1 rings (SSSR count). The van der Waals surface area contributed by atoms with E-state index in [0.717, 1.165) is 6.26 Å². The summed E-state index contributed by atoms with van der Waals surface area (Å²) < 4.78 is 46.6. The van der Waals surface area contributed by atoms with E-state index >= 15 is 0 Å². The minimum Gasteiger partial charge on any atom is -0.284 e. The van der Waals surface area contributed by atoms with Gasteiger partial charge in [0, 0.05) is 19.9 Å². The Morgan fingerprint density at radius 1 is 1.25 bits per heavy atom. The van der Waals surface area contributed by atoms with E-state index in [4.69, 9.17) is 10.7 Å². The number of rotatable bonds is 3. The van der Waals surface area contributed by atoms with E-state index in [0.29, 0.717) is 3.57 Å². The average Bonchev–Trinajstić information content (AvgIpc) is 1.97. The summed E-state index contributed by atoms with van der Waals surface area (Å²) in [6.07, 6.45) is 1.01. The lowest BCUT2D eigenvalue weighted by atomic mass is 10.3. The molecule has 0 saturated heterocycles. The quantitative estimate of drug-likeness (QED) is 0.622. The number of halogens is 2. The number of anilines is 1. The third kappa shape index (κ3) is 4.07. The van der Waals surface area contributed by atoms with Crippen molar-refractivity contribution in [3.8, 4) is 0 Å². The Labute approximate surface area is 112 Å². The van der Waals surface area contributed by atoms with Gasteiger partial charge in [-0.15, -0.1) is 0 Å². The van der Waals surface area contributed by atoms with E-state index in [9.17, 15) is 16.8 Å². The average molecular weight is 396 g/mol. The fraction of sp³-hybridized carbons (Fsp3) is 0.143. The van der Waals surface area contributed by atoms with Crippen molar-refractivity contribution < 1.29 is 16.8 Å². The topological polar surface area (TPSA) is 80.3 Å². The molecule has 0 fully saturated rings. The highest BCUT2D eigenvalue weighted by Crippen LogP contribution is 2.25. The molecule has 0 atom stereocenters. The highest BCUT2D eigenvalue weighted by atomic mass is 127. The van der Waals surface area contributed by atoms with E-state index < -0.39 is 19.1 Å². The van der Waals surface area contributed by atoms with E-state index in [1.165, 1.54) is 18.2 Å². The van der Waals surface area contributed by atoms with Crippen molar-refractivity contribution in [3.63, 3.8) is 0 Å². The fourth-order valence-electron chi connectivity index (χ4n) is 0.976. The van der Waals surface area contributed by atoms with Crippen molar-refractivity contribution in [2.45, 2.75) is 4.90 Å². The molecule has 1 N–H and O–H groups in total. The first kappa shape index (κ1) is 14.0. The van der Waals surface area contributed by atoms with Crippen molar-refractivity contribution >= 4 is 58.0 Å². The van der Waals surface area contributed by atoms with Gasteiger partial charge in [0.25, 0.3) is 9.05 Å². The molecule has 0 aromatic heterocycles. The summed E-state index contributed by atoms with van der Waals surface area (Å²) in [6, 6.07) is 3.97. The summed E-state index contributed by atoms with van der Waals surface area (Å²) in [5.41, 5.74) is 0.288. The largest absolute Gasteiger partial charge is 0.284 e. The van der Waals surface area contributed by atoms with Crippen molar-refractivity contribution in [2.75, 3.05) is 11.0 Å². The van der Waals surface area contributed by atoms with Crippen LogP contribution in [0.1, 0.15) is 0 Å². The van der Waals surface area contributed by atoms with Crippen LogP contribution in [0.25, 0.3) is 0 Å². The van der Waals surface area contributed by atoms with Gasteiger partial charge in [0.1, 0.15) is 0 Å². The van der Waals surface area contributed by atoms with Crippen molar-refractivity contribution in [3.05, 3.63) is 21.8 Å². The summed E-state index contributed by atoms with van der Waals surface area (Å²) >= 11 is 1.76. The maximum atomic E-state index is 11.1. The third-order valence-electron chi connectivity index (χ3n) is 1.50. The first-order valence-electron chi connectivity index (χ1n) is 3.81. The van der Waals surface area contributed by atoms with Gasteiger partial charge in [-0.1, -0.05) is 0 Å². The van der Waals surface area contributed by atoms with Gasteiger partial charge in [-0.3, -0.25) is 4.72 Å². The Bertz CT molecular complexity index is 611. The highest BCUT2D eigenvalue weighted by molar-refractivity contribution is 14.1. The highest BCUT2D eigenvalue weighted by Gasteiger charge is 2.15. The second-order valence-corrected chi connectivity index (χ2v) is 8.40. The lowest BCUT2D eigenvalue weighted by molar-refractivity contribution is 0.606. The molecule has 0 aliphatic heterocycles. The summed E-state index contributed by atoms with van der Waals surface area (Å²) in [7, 11) is -2.01.